The highest BCUT2D eigenvalue weighted by molar-refractivity contribution is 5.94. The Balaban J connectivity index is 1.88. The lowest BCUT2D eigenvalue weighted by atomic mass is 9.92. The van der Waals surface area contributed by atoms with Crippen LogP contribution in [-0.2, 0) is 16.1 Å². The summed E-state index contributed by atoms with van der Waals surface area (Å²) in [5.74, 6) is -0.0795. The van der Waals surface area contributed by atoms with Crippen molar-refractivity contribution in [1.82, 2.24) is 10.6 Å². The molecule has 1 aliphatic rings. The quantitative estimate of drug-likeness (QED) is 0.698. The van der Waals surface area contributed by atoms with Crippen molar-refractivity contribution in [1.29, 1.82) is 0 Å². The summed E-state index contributed by atoms with van der Waals surface area (Å²) in [6, 6.07) is 6.91. The van der Waals surface area contributed by atoms with Crippen LogP contribution in [0.3, 0.4) is 0 Å². The van der Waals surface area contributed by atoms with Gasteiger partial charge < -0.3 is 21.1 Å². The Kier molecular flexibility index (Phi) is 7.40. The van der Waals surface area contributed by atoms with E-state index in [0.29, 0.717) is 25.3 Å². The van der Waals surface area contributed by atoms with Crippen molar-refractivity contribution in [3.05, 3.63) is 35.4 Å². The summed E-state index contributed by atoms with van der Waals surface area (Å²) in [7, 11) is 0. The van der Waals surface area contributed by atoms with E-state index in [-0.39, 0.29) is 23.8 Å². The van der Waals surface area contributed by atoms with Crippen LogP contribution >= 0.6 is 0 Å². The van der Waals surface area contributed by atoms with Gasteiger partial charge in [-0.15, -0.1) is 0 Å². The molecule has 1 heterocycles. The van der Waals surface area contributed by atoms with E-state index in [4.69, 9.17) is 10.5 Å². The molecule has 6 heteroatoms. The molecule has 0 aliphatic carbocycles. The molecule has 6 nitrogen and oxygen atoms in total. The monoisotopic (exact) mass is 347 g/mol. The minimum Gasteiger partial charge on any atom is -0.381 e. The molecule has 0 aromatic heterocycles. The predicted octanol–water partition coefficient (Wildman–Crippen LogP) is 1.59. The molecule has 4 N–H and O–H groups in total. The van der Waals surface area contributed by atoms with Crippen LogP contribution in [0.1, 0.15) is 49.0 Å². The van der Waals surface area contributed by atoms with Gasteiger partial charge in [0.1, 0.15) is 0 Å². The highest BCUT2D eigenvalue weighted by Gasteiger charge is 2.26. The number of benzene rings is 1. The lowest BCUT2D eigenvalue weighted by Gasteiger charge is -2.26. The van der Waals surface area contributed by atoms with Crippen LogP contribution < -0.4 is 16.4 Å². The maximum absolute atomic E-state index is 12.3. The second kappa shape index (κ2) is 9.53. The number of amides is 2. The maximum atomic E-state index is 12.3. The molecule has 1 fully saturated rings. The van der Waals surface area contributed by atoms with Crippen molar-refractivity contribution in [2.24, 2.45) is 11.7 Å². The van der Waals surface area contributed by atoms with Gasteiger partial charge in [0.25, 0.3) is 5.91 Å². The fourth-order valence-corrected chi connectivity index (χ4v) is 2.83. The van der Waals surface area contributed by atoms with E-state index in [0.717, 1.165) is 24.8 Å². The van der Waals surface area contributed by atoms with E-state index in [1.54, 1.807) is 12.1 Å². The Morgan fingerprint density at radius 2 is 2.04 bits per heavy atom. The standard InChI is InChI=1S/C19H29N3O3/c1-3-13(2)22-18(23)16-6-4-5-14(11-16)12-21-19(24)17(20)15-7-9-25-10-8-15/h4-6,11,13,15,17H,3,7-10,12,20H2,1-2H3,(H,21,24)(H,22,23). The van der Waals surface area contributed by atoms with Crippen LogP contribution in [-0.4, -0.2) is 37.1 Å². The molecule has 25 heavy (non-hydrogen) atoms. The fraction of sp³-hybridized carbons (Fsp3) is 0.579. The first-order valence-corrected chi connectivity index (χ1v) is 9.02. The van der Waals surface area contributed by atoms with Gasteiger partial charge in [-0.2, -0.15) is 0 Å². The molecule has 138 valence electrons. The average molecular weight is 347 g/mol. The number of carbonyl (C=O) groups excluding carboxylic acids is 2. The summed E-state index contributed by atoms with van der Waals surface area (Å²) >= 11 is 0. The van der Waals surface area contributed by atoms with Crippen LogP contribution in [0.5, 0.6) is 0 Å². The van der Waals surface area contributed by atoms with Crippen LogP contribution in [0.2, 0.25) is 0 Å². The fourth-order valence-electron chi connectivity index (χ4n) is 2.83. The molecule has 0 saturated carbocycles. The third-order valence-corrected chi connectivity index (χ3v) is 4.72. The van der Waals surface area contributed by atoms with Gasteiger partial charge in [0, 0.05) is 31.4 Å². The predicted molar refractivity (Wildman–Crippen MR) is 97.0 cm³/mol. The molecule has 1 aromatic carbocycles. The van der Waals surface area contributed by atoms with Gasteiger partial charge in [-0.05, 0) is 49.8 Å². The number of carbonyl (C=O) groups is 2. The Hall–Kier alpha value is -1.92. The van der Waals surface area contributed by atoms with Gasteiger partial charge in [-0.25, -0.2) is 0 Å². The van der Waals surface area contributed by atoms with E-state index >= 15 is 0 Å². The molecule has 1 aromatic rings. The smallest absolute Gasteiger partial charge is 0.251 e. The lowest BCUT2D eigenvalue weighted by Crippen LogP contribution is -2.46. The topological polar surface area (TPSA) is 93.5 Å². The molecule has 0 bridgehead atoms. The highest BCUT2D eigenvalue weighted by atomic mass is 16.5. The largest absolute Gasteiger partial charge is 0.381 e. The number of rotatable bonds is 7. The van der Waals surface area contributed by atoms with Crippen molar-refractivity contribution in [2.45, 2.75) is 51.7 Å². The second-order valence-corrected chi connectivity index (χ2v) is 6.68. The molecule has 0 spiro atoms. The van der Waals surface area contributed by atoms with Gasteiger partial charge in [-0.1, -0.05) is 19.1 Å². The number of nitrogens with one attached hydrogen (secondary N) is 2. The SMILES string of the molecule is CCC(C)NC(=O)c1cccc(CNC(=O)C(N)C2CCOCC2)c1. The number of hydrogen-bond donors (Lipinski definition) is 3. The average Bonchev–Trinajstić information content (AvgIpc) is 2.66. The summed E-state index contributed by atoms with van der Waals surface area (Å²) in [6.07, 6.45) is 2.52. The number of nitrogens with two attached hydrogens (primary N) is 1. The first-order valence-electron chi connectivity index (χ1n) is 9.02. The first-order chi connectivity index (χ1) is 12.0. The van der Waals surface area contributed by atoms with Crippen LogP contribution in [0.4, 0.5) is 0 Å². The van der Waals surface area contributed by atoms with Crippen molar-refractivity contribution in [3.8, 4) is 0 Å². The van der Waals surface area contributed by atoms with Gasteiger partial charge in [0.15, 0.2) is 0 Å². The van der Waals surface area contributed by atoms with Crippen molar-refractivity contribution in [3.63, 3.8) is 0 Å². The third-order valence-electron chi connectivity index (χ3n) is 4.72. The zero-order valence-corrected chi connectivity index (χ0v) is 15.1. The molecule has 1 aliphatic heterocycles. The third kappa shape index (κ3) is 5.83. The van der Waals surface area contributed by atoms with Crippen molar-refractivity contribution < 1.29 is 14.3 Å². The Morgan fingerprint density at radius 3 is 2.72 bits per heavy atom. The molecule has 1 saturated heterocycles. The van der Waals surface area contributed by atoms with E-state index in [1.807, 2.05) is 26.0 Å². The first kappa shape index (κ1) is 19.4. The second-order valence-electron chi connectivity index (χ2n) is 6.68. The maximum Gasteiger partial charge on any atom is 0.251 e. The highest BCUT2D eigenvalue weighted by Crippen LogP contribution is 2.17. The van der Waals surface area contributed by atoms with E-state index in [1.165, 1.54) is 0 Å². The summed E-state index contributed by atoms with van der Waals surface area (Å²) in [5, 5.41) is 5.82. The minimum atomic E-state index is -0.513. The lowest BCUT2D eigenvalue weighted by molar-refractivity contribution is -0.124. The van der Waals surface area contributed by atoms with E-state index in [9.17, 15) is 9.59 Å². The van der Waals surface area contributed by atoms with Crippen LogP contribution in [0, 0.1) is 5.92 Å². The Labute approximate surface area is 149 Å². The van der Waals surface area contributed by atoms with Gasteiger partial charge in [0.05, 0.1) is 6.04 Å². The van der Waals surface area contributed by atoms with E-state index in [2.05, 4.69) is 10.6 Å². The Bertz CT molecular complexity index is 585. The van der Waals surface area contributed by atoms with Gasteiger partial charge >= 0.3 is 0 Å². The molecule has 2 unspecified atom stereocenters. The van der Waals surface area contributed by atoms with Crippen LogP contribution in [0.25, 0.3) is 0 Å². The summed E-state index contributed by atoms with van der Waals surface area (Å²) in [4.78, 5) is 24.5. The Morgan fingerprint density at radius 1 is 1.32 bits per heavy atom. The minimum absolute atomic E-state index is 0.0959. The molecular weight excluding hydrogens is 318 g/mol. The zero-order chi connectivity index (χ0) is 18.2. The van der Waals surface area contributed by atoms with Crippen molar-refractivity contribution >= 4 is 11.8 Å². The summed E-state index contributed by atoms with van der Waals surface area (Å²) < 4.78 is 5.30. The zero-order valence-electron chi connectivity index (χ0n) is 15.1. The molecule has 2 amide bonds. The molecule has 2 atom stereocenters. The summed E-state index contributed by atoms with van der Waals surface area (Å²) in [6.45, 7) is 5.69. The van der Waals surface area contributed by atoms with Crippen molar-refractivity contribution in [2.75, 3.05) is 13.2 Å². The normalized spacial score (nSPS) is 17.6. The number of ether oxygens (including phenoxy) is 1. The molecule has 2 rings (SSSR count). The molecule has 0 radical (unpaired) electrons. The van der Waals surface area contributed by atoms with Gasteiger partial charge in [0.2, 0.25) is 5.91 Å². The van der Waals surface area contributed by atoms with E-state index < -0.39 is 6.04 Å². The number of hydrogen-bond acceptors (Lipinski definition) is 4. The molecular formula is C19H29N3O3. The summed E-state index contributed by atoms with van der Waals surface area (Å²) in [5.41, 5.74) is 7.55. The van der Waals surface area contributed by atoms with Gasteiger partial charge in [-0.3, -0.25) is 9.59 Å². The van der Waals surface area contributed by atoms with Crippen LogP contribution in [0.15, 0.2) is 24.3 Å².